The second-order valence-electron chi connectivity index (χ2n) is 4.98. The molecule has 0 radical (unpaired) electrons. The average molecular weight is 235 g/mol. The highest BCUT2D eigenvalue weighted by Gasteiger charge is 2.19. The van der Waals surface area contributed by atoms with Gasteiger partial charge in [0.1, 0.15) is 0 Å². The molecular formula is C15H25NO. The third-order valence-corrected chi connectivity index (χ3v) is 2.97. The van der Waals surface area contributed by atoms with Crippen molar-refractivity contribution in [2.45, 2.75) is 32.6 Å². The van der Waals surface area contributed by atoms with E-state index in [9.17, 15) is 0 Å². The molecule has 0 aromatic heterocycles. The van der Waals surface area contributed by atoms with E-state index < -0.39 is 0 Å². The molecule has 0 heterocycles. The third-order valence-electron chi connectivity index (χ3n) is 2.97. The van der Waals surface area contributed by atoms with Gasteiger partial charge < -0.3 is 10.1 Å². The summed E-state index contributed by atoms with van der Waals surface area (Å²) in [4.78, 5) is 0. The predicted octanol–water partition coefficient (Wildman–Crippen LogP) is 2.98. The first-order valence-electron chi connectivity index (χ1n) is 6.51. The van der Waals surface area contributed by atoms with Gasteiger partial charge >= 0.3 is 0 Å². The Hall–Kier alpha value is -0.860. The molecule has 2 nitrogen and oxygen atoms in total. The van der Waals surface area contributed by atoms with E-state index in [1.165, 1.54) is 5.56 Å². The minimum absolute atomic E-state index is 0.187. The molecule has 0 spiro atoms. The molecule has 0 aliphatic carbocycles. The maximum absolute atomic E-state index is 5.31. The first-order valence-corrected chi connectivity index (χ1v) is 6.51. The molecule has 0 fully saturated rings. The van der Waals surface area contributed by atoms with E-state index in [-0.39, 0.29) is 5.41 Å². The van der Waals surface area contributed by atoms with Gasteiger partial charge in [0.15, 0.2) is 0 Å². The standard InChI is InChI=1S/C15H25NO/c1-4-17-12-8-11-16-13-15(2,3)14-9-6-5-7-10-14/h5-7,9-10,16H,4,8,11-13H2,1-3H3. The summed E-state index contributed by atoms with van der Waals surface area (Å²) in [5.41, 5.74) is 1.57. The van der Waals surface area contributed by atoms with Gasteiger partial charge in [-0.15, -0.1) is 0 Å². The van der Waals surface area contributed by atoms with Crippen LogP contribution in [0.5, 0.6) is 0 Å². The molecule has 0 saturated carbocycles. The van der Waals surface area contributed by atoms with E-state index >= 15 is 0 Å². The summed E-state index contributed by atoms with van der Waals surface area (Å²) in [5.74, 6) is 0. The van der Waals surface area contributed by atoms with Crippen molar-refractivity contribution in [1.82, 2.24) is 5.32 Å². The van der Waals surface area contributed by atoms with Gasteiger partial charge in [-0.25, -0.2) is 0 Å². The molecule has 1 N–H and O–H groups in total. The lowest BCUT2D eigenvalue weighted by Gasteiger charge is -2.25. The number of hydrogen-bond donors (Lipinski definition) is 1. The van der Waals surface area contributed by atoms with Crippen LogP contribution in [0.15, 0.2) is 30.3 Å². The van der Waals surface area contributed by atoms with Crippen molar-refractivity contribution in [2.75, 3.05) is 26.3 Å². The van der Waals surface area contributed by atoms with Crippen molar-refractivity contribution in [3.8, 4) is 0 Å². The van der Waals surface area contributed by atoms with Crippen molar-refractivity contribution in [3.63, 3.8) is 0 Å². The van der Waals surface area contributed by atoms with Crippen LogP contribution in [-0.2, 0) is 10.2 Å². The topological polar surface area (TPSA) is 21.3 Å². The summed E-state index contributed by atoms with van der Waals surface area (Å²) in [6.45, 7) is 10.3. The van der Waals surface area contributed by atoms with E-state index in [2.05, 4.69) is 49.5 Å². The van der Waals surface area contributed by atoms with Gasteiger partial charge in [0.25, 0.3) is 0 Å². The largest absolute Gasteiger partial charge is 0.382 e. The van der Waals surface area contributed by atoms with E-state index in [1.54, 1.807) is 0 Å². The molecule has 0 atom stereocenters. The van der Waals surface area contributed by atoms with Gasteiger partial charge in [-0.1, -0.05) is 44.2 Å². The van der Waals surface area contributed by atoms with Gasteiger partial charge in [-0.2, -0.15) is 0 Å². The molecule has 0 amide bonds. The Bertz CT molecular complexity index is 295. The molecule has 1 aromatic rings. The van der Waals surface area contributed by atoms with E-state index in [0.29, 0.717) is 0 Å². The minimum Gasteiger partial charge on any atom is -0.382 e. The van der Waals surface area contributed by atoms with Gasteiger partial charge in [0.05, 0.1) is 0 Å². The summed E-state index contributed by atoms with van der Waals surface area (Å²) in [5, 5.41) is 3.50. The van der Waals surface area contributed by atoms with Crippen molar-refractivity contribution in [2.24, 2.45) is 0 Å². The van der Waals surface area contributed by atoms with Crippen LogP contribution in [0, 0.1) is 0 Å². The molecule has 17 heavy (non-hydrogen) atoms. The second-order valence-corrected chi connectivity index (χ2v) is 4.98. The predicted molar refractivity (Wildman–Crippen MR) is 73.4 cm³/mol. The highest BCUT2D eigenvalue weighted by Crippen LogP contribution is 2.21. The first-order chi connectivity index (χ1) is 8.17. The zero-order valence-corrected chi connectivity index (χ0v) is 11.3. The Kier molecular flexibility index (Phi) is 6.23. The van der Waals surface area contributed by atoms with Crippen LogP contribution in [0.3, 0.4) is 0 Å². The van der Waals surface area contributed by atoms with Crippen molar-refractivity contribution < 1.29 is 4.74 Å². The molecule has 0 unspecified atom stereocenters. The van der Waals surface area contributed by atoms with Crippen molar-refractivity contribution >= 4 is 0 Å². The fourth-order valence-electron chi connectivity index (χ4n) is 1.84. The monoisotopic (exact) mass is 235 g/mol. The van der Waals surface area contributed by atoms with Crippen LogP contribution >= 0.6 is 0 Å². The number of ether oxygens (including phenoxy) is 1. The molecule has 0 aliphatic heterocycles. The number of hydrogen-bond acceptors (Lipinski definition) is 2. The molecule has 96 valence electrons. The normalized spacial score (nSPS) is 11.7. The molecule has 0 saturated heterocycles. The highest BCUT2D eigenvalue weighted by molar-refractivity contribution is 5.23. The quantitative estimate of drug-likeness (QED) is 0.699. The molecule has 0 bridgehead atoms. The zero-order valence-electron chi connectivity index (χ0n) is 11.3. The van der Waals surface area contributed by atoms with Crippen LogP contribution < -0.4 is 5.32 Å². The molecule has 0 aliphatic rings. The number of benzene rings is 1. The maximum Gasteiger partial charge on any atom is 0.0477 e. The molecule has 1 aromatic carbocycles. The Morgan fingerprint density at radius 1 is 1.18 bits per heavy atom. The number of rotatable bonds is 8. The first kappa shape index (κ1) is 14.2. The lowest BCUT2D eigenvalue weighted by Crippen LogP contribution is -2.33. The fraction of sp³-hybridized carbons (Fsp3) is 0.600. The van der Waals surface area contributed by atoms with Crippen LogP contribution in [0.25, 0.3) is 0 Å². The summed E-state index contributed by atoms with van der Waals surface area (Å²) < 4.78 is 5.31. The van der Waals surface area contributed by atoms with Crippen LogP contribution in [0.2, 0.25) is 0 Å². The minimum atomic E-state index is 0.187. The third kappa shape index (κ3) is 5.33. The summed E-state index contributed by atoms with van der Waals surface area (Å²) in [6, 6.07) is 10.7. The Labute approximate surface area is 105 Å². The van der Waals surface area contributed by atoms with Crippen molar-refractivity contribution in [3.05, 3.63) is 35.9 Å². The van der Waals surface area contributed by atoms with E-state index in [4.69, 9.17) is 4.74 Å². The van der Waals surface area contributed by atoms with Crippen LogP contribution in [0.1, 0.15) is 32.8 Å². The molecular weight excluding hydrogens is 210 g/mol. The Morgan fingerprint density at radius 3 is 2.53 bits per heavy atom. The van der Waals surface area contributed by atoms with Gasteiger partial charge in [0.2, 0.25) is 0 Å². The van der Waals surface area contributed by atoms with E-state index in [1.807, 2.05) is 6.92 Å². The maximum atomic E-state index is 5.31. The average Bonchev–Trinajstić information content (AvgIpc) is 2.35. The molecule has 1 rings (SSSR count). The lowest BCUT2D eigenvalue weighted by atomic mass is 9.84. The molecule has 2 heteroatoms. The van der Waals surface area contributed by atoms with Gasteiger partial charge in [0, 0.05) is 25.2 Å². The van der Waals surface area contributed by atoms with Crippen LogP contribution in [0.4, 0.5) is 0 Å². The smallest absolute Gasteiger partial charge is 0.0477 e. The Balaban J connectivity index is 2.26. The SMILES string of the molecule is CCOCCCNCC(C)(C)c1ccccc1. The van der Waals surface area contributed by atoms with Crippen LogP contribution in [-0.4, -0.2) is 26.3 Å². The highest BCUT2D eigenvalue weighted by atomic mass is 16.5. The number of nitrogens with one attached hydrogen (secondary N) is 1. The summed E-state index contributed by atoms with van der Waals surface area (Å²) in [6.07, 6.45) is 1.08. The van der Waals surface area contributed by atoms with Crippen molar-refractivity contribution in [1.29, 1.82) is 0 Å². The fourth-order valence-corrected chi connectivity index (χ4v) is 1.84. The lowest BCUT2D eigenvalue weighted by molar-refractivity contribution is 0.144. The van der Waals surface area contributed by atoms with Gasteiger partial charge in [-0.05, 0) is 25.5 Å². The van der Waals surface area contributed by atoms with E-state index in [0.717, 1.165) is 32.7 Å². The summed E-state index contributed by atoms with van der Waals surface area (Å²) >= 11 is 0. The zero-order chi connectivity index (χ0) is 12.6. The second kappa shape index (κ2) is 7.46. The summed E-state index contributed by atoms with van der Waals surface area (Å²) in [7, 11) is 0. The van der Waals surface area contributed by atoms with Gasteiger partial charge in [-0.3, -0.25) is 0 Å². The Morgan fingerprint density at radius 2 is 1.88 bits per heavy atom.